The summed E-state index contributed by atoms with van der Waals surface area (Å²) in [6, 6.07) is -0.641. The minimum absolute atomic E-state index is 0.189. The summed E-state index contributed by atoms with van der Waals surface area (Å²) in [5.41, 5.74) is 0. The Balaban J connectivity index is 4.34. The standard InChI is InChI=1S/C9H15ClN2O4/c1-3-4-12(6-8(14)16-2)9(15)11-7(13)5-10/h3-6H2,1-2H3,(H,11,13,15). The van der Waals surface area contributed by atoms with Crippen molar-refractivity contribution >= 4 is 29.5 Å². The fourth-order valence-corrected chi connectivity index (χ4v) is 1.04. The Morgan fingerprint density at radius 1 is 1.38 bits per heavy atom. The van der Waals surface area contributed by atoms with Crippen molar-refractivity contribution in [1.82, 2.24) is 10.2 Å². The number of nitrogens with zero attached hydrogens (tertiary/aromatic N) is 1. The number of alkyl halides is 1. The number of methoxy groups -OCH3 is 1. The maximum atomic E-state index is 11.5. The molecule has 0 unspecified atom stereocenters. The van der Waals surface area contributed by atoms with E-state index in [1.807, 2.05) is 6.92 Å². The highest BCUT2D eigenvalue weighted by Crippen LogP contribution is 1.94. The highest BCUT2D eigenvalue weighted by Gasteiger charge is 2.18. The van der Waals surface area contributed by atoms with E-state index in [1.165, 1.54) is 12.0 Å². The first-order chi connectivity index (χ1) is 7.54. The number of rotatable bonds is 5. The quantitative estimate of drug-likeness (QED) is 0.564. The van der Waals surface area contributed by atoms with Gasteiger partial charge in [0.15, 0.2) is 0 Å². The van der Waals surface area contributed by atoms with E-state index in [0.29, 0.717) is 13.0 Å². The smallest absolute Gasteiger partial charge is 0.325 e. The molecule has 0 radical (unpaired) electrons. The van der Waals surface area contributed by atoms with Crippen molar-refractivity contribution in [3.8, 4) is 0 Å². The first-order valence-electron chi connectivity index (χ1n) is 4.76. The van der Waals surface area contributed by atoms with E-state index in [4.69, 9.17) is 11.6 Å². The summed E-state index contributed by atoms with van der Waals surface area (Å²) in [6.07, 6.45) is 0.666. The lowest BCUT2D eigenvalue weighted by Crippen LogP contribution is -2.46. The third kappa shape index (κ3) is 5.55. The zero-order chi connectivity index (χ0) is 12.6. The average molecular weight is 251 g/mol. The molecule has 0 heterocycles. The molecule has 0 bridgehead atoms. The van der Waals surface area contributed by atoms with Gasteiger partial charge in [0.05, 0.1) is 7.11 Å². The zero-order valence-electron chi connectivity index (χ0n) is 9.29. The van der Waals surface area contributed by atoms with Crippen LogP contribution in [-0.4, -0.2) is 48.9 Å². The number of carbonyl (C=O) groups excluding carboxylic acids is 3. The van der Waals surface area contributed by atoms with Crippen LogP contribution in [-0.2, 0) is 14.3 Å². The van der Waals surface area contributed by atoms with Crippen LogP contribution in [0.1, 0.15) is 13.3 Å². The monoisotopic (exact) mass is 250 g/mol. The molecule has 0 atom stereocenters. The van der Waals surface area contributed by atoms with Crippen molar-refractivity contribution in [1.29, 1.82) is 0 Å². The molecule has 92 valence electrons. The summed E-state index contributed by atoms with van der Waals surface area (Å²) in [4.78, 5) is 34.6. The van der Waals surface area contributed by atoms with E-state index >= 15 is 0 Å². The maximum Gasteiger partial charge on any atom is 0.325 e. The van der Waals surface area contributed by atoms with E-state index in [2.05, 4.69) is 10.1 Å². The third-order valence-corrected chi connectivity index (χ3v) is 1.94. The van der Waals surface area contributed by atoms with Crippen LogP contribution in [0.4, 0.5) is 4.79 Å². The van der Waals surface area contributed by atoms with Gasteiger partial charge in [0, 0.05) is 6.54 Å². The second-order valence-electron chi connectivity index (χ2n) is 2.98. The molecule has 6 nitrogen and oxygen atoms in total. The number of halogens is 1. The summed E-state index contributed by atoms with van der Waals surface area (Å²) in [5, 5.41) is 2.05. The van der Waals surface area contributed by atoms with E-state index in [0.717, 1.165) is 0 Å². The van der Waals surface area contributed by atoms with Crippen LogP contribution in [0, 0.1) is 0 Å². The largest absolute Gasteiger partial charge is 0.468 e. The molecule has 0 aliphatic rings. The molecular weight excluding hydrogens is 236 g/mol. The molecule has 1 N–H and O–H groups in total. The molecule has 0 aromatic carbocycles. The molecule has 0 aliphatic carbocycles. The number of nitrogens with one attached hydrogen (secondary N) is 1. The van der Waals surface area contributed by atoms with Gasteiger partial charge in [0.1, 0.15) is 12.4 Å². The topological polar surface area (TPSA) is 75.7 Å². The summed E-state index contributed by atoms with van der Waals surface area (Å²) in [6.45, 7) is 2.02. The molecule has 0 spiro atoms. The molecule has 0 saturated heterocycles. The lowest BCUT2D eigenvalue weighted by Gasteiger charge is -2.20. The lowest BCUT2D eigenvalue weighted by molar-refractivity contribution is -0.141. The van der Waals surface area contributed by atoms with Crippen LogP contribution in [0.2, 0.25) is 0 Å². The lowest BCUT2D eigenvalue weighted by atomic mass is 10.4. The van der Waals surface area contributed by atoms with Gasteiger partial charge >= 0.3 is 12.0 Å². The molecule has 16 heavy (non-hydrogen) atoms. The molecule has 0 aromatic rings. The zero-order valence-corrected chi connectivity index (χ0v) is 10.0. The normalized spacial score (nSPS) is 9.44. The summed E-state index contributed by atoms with van der Waals surface area (Å²) < 4.78 is 4.44. The van der Waals surface area contributed by atoms with Gasteiger partial charge in [-0.2, -0.15) is 0 Å². The van der Waals surface area contributed by atoms with Crippen LogP contribution >= 0.6 is 11.6 Å². The second-order valence-corrected chi connectivity index (χ2v) is 3.25. The van der Waals surface area contributed by atoms with Gasteiger partial charge in [-0.1, -0.05) is 6.92 Å². The Kier molecular flexibility index (Phi) is 7.28. The van der Waals surface area contributed by atoms with Gasteiger partial charge in [-0.3, -0.25) is 14.9 Å². The van der Waals surface area contributed by atoms with Crippen molar-refractivity contribution in [2.24, 2.45) is 0 Å². The molecule has 0 saturated carbocycles. The predicted molar refractivity (Wildman–Crippen MR) is 58.1 cm³/mol. The Hall–Kier alpha value is -1.30. The van der Waals surface area contributed by atoms with Crippen molar-refractivity contribution in [3.05, 3.63) is 0 Å². The second kappa shape index (κ2) is 7.92. The van der Waals surface area contributed by atoms with E-state index < -0.39 is 17.9 Å². The first-order valence-corrected chi connectivity index (χ1v) is 5.30. The van der Waals surface area contributed by atoms with Crippen LogP contribution in [0.15, 0.2) is 0 Å². The highest BCUT2D eigenvalue weighted by molar-refractivity contribution is 6.28. The third-order valence-electron chi connectivity index (χ3n) is 1.70. The van der Waals surface area contributed by atoms with E-state index in [1.54, 1.807) is 0 Å². The molecule has 0 aromatic heterocycles. The molecule has 3 amide bonds. The number of amides is 3. The van der Waals surface area contributed by atoms with Crippen molar-refractivity contribution < 1.29 is 19.1 Å². The first kappa shape index (κ1) is 14.7. The number of carbonyl (C=O) groups is 3. The number of imide groups is 1. The number of hydrogen-bond donors (Lipinski definition) is 1. The van der Waals surface area contributed by atoms with Gasteiger partial charge in [0.2, 0.25) is 5.91 Å². The molecule has 0 fully saturated rings. The van der Waals surface area contributed by atoms with Gasteiger partial charge in [-0.15, -0.1) is 11.6 Å². The minimum atomic E-state index is -0.641. The predicted octanol–water partition coefficient (Wildman–Crippen LogP) is 0.346. The minimum Gasteiger partial charge on any atom is -0.468 e. The number of esters is 1. The number of ether oxygens (including phenoxy) is 1. The number of urea groups is 1. The maximum absolute atomic E-state index is 11.5. The Morgan fingerprint density at radius 3 is 2.44 bits per heavy atom. The van der Waals surface area contributed by atoms with Crippen LogP contribution in [0.5, 0.6) is 0 Å². The summed E-state index contributed by atoms with van der Waals surface area (Å²) in [7, 11) is 1.23. The fraction of sp³-hybridized carbons (Fsp3) is 0.667. The van der Waals surface area contributed by atoms with Crippen LogP contribution in [0.25, 0.3) is 0 Å². The van der Waals surface area contributed by atoms with Gasteiger partial charge in [-0.05, 0) is 6.42 Å². The SMILES string of the molecule is CCCN(CC(=O)OC)C(=O)NC(=O)CCl. The summed E-state index contributed by atoms with van der Waals surface area (Å²) >= 11 is 5.24. The fourth-order valence-electron chi connectivity index (χ4n) is 0.974. The number of hydrogen-bond acceptors (Lipinski definition) is 4. The van der Waals surface area contributed by atoms with E-state index in [9.17, 15) is 14.4 Å². The van der Waals surface area contributed by atoms with Gasteiger partial charge < -0.3 is 9.64 Å². The van der Waals surface area contributed by atoms with Gasteiger partial charge in [0.25, 0.3) is 0 Å². The van der Waals surface area contributed by atoms with Crippen molar-refractivity contribution in [2.75, 3.05) is 26.1 Å². The van der Waals surface area contributed by atoms with Crippen molar-refractivity contribution in [3.63, 3.8) is 0 Å². The van der Waals surface area contributed by atoms with Crippen LogP contribution in [0.3, 0.4) is 0 Å². The Labute approximate surface area is 98.9 Å². The molecule has 0 rings (SSSR count). The Bertz CT molecular complexity index is 270. The highest BCUT2D eigenvalue weighted by atomic mass is 35.5. The molecule has 0 aliphatic heterocycles. The van der Waals surface area contributed by atoms with Crippen molar-refractivity contribution in [2.45, 2.75) is 13.3 Å². The van der Waals surface area contributed by atoms with Crippen LogP contribution < -0.4 is 5.32 Å². The summed E-state index contributed by atoms with van der Waals surface area (Å²) in [5.74, 6) is -1.44. The van der Waals surface area contributed by atoms with Gasteiger partial charge in [-0.25, -0.2) is 4.79 Å². The molecule has 7 heteroatoms. The molecular formula is C9H15ClN2O4. The Morgan fingerprint density at radius 2 is 2.00 bits per heavy atom. The average Bonchev–Trinajstić information content (AvgIpc) is 2.27. The van der Waals surface area contributed by atoms with E-state index in [-0.39, 0.29) is 12.4 Å².